The fraction of sp³-hybridized carbons (Fsp3) is 0.312. The average Bonchev–Trinajstić information content (AvgIpc) is 2.82. The van der Waals surface area contributed by atoms with E-state index in [0.717, 1.165) is 9.35 Å². The fourth-order valence-corrected chi connectivity index (χ4v) is 3.23. The van der Waals surface area contributed by atoms with Gasteiger partial charge in [-0.15, -0.1) is 11.3 Å². The molecule has 1 unspecified atom stereocenters. The molecule has 1 atom stereocenters. The third-order valence-corrected chi connectivity index (χ3v) is 4.61. The lowest BCUT2D eigenvalue weighted by Crippen LogP contribution is -2.36. The van der Waals surface area contributed by atoms with E-state index in [9.17, 15) is 4.79 Å². The van der Waals surface area contributed by atoms with Crippen LogP contribution in [0.1, 0.15) is 42.7 Å². The van der Waals surface area contributed by atoms with Crippen LogP contribution in [0.15, 0.2) is 45.6 Å². The second kappa shape index (κ2) is 6.10. The molecule has 4 heteroatoms. The lowest BCUT2D eigenvalue weighted by Gasteiger charge is -2.32. The van der Waals surface area contributed by atoms with Gasteiger partial charge in [0, 0.05) is 5.38 Å². The number of halogens is 1. The Morgan fingerprint density at radius 1 is 1.25 bits per heavy atom. The molecule has 0 bridgehead atoms. The van der Waals surface area contributed by atoms with Crippen molar-refractivity contribution in [2.75, 3.05) is 0 Å². The number of rotatable bonds is 3. The Labute approximate surface area is 132 Å². The lowest BCUT2D eigenvalue weighted by atomic mass is 9.82. The van der Waals surface area contributed by atoms with Crippen LogP contribution in [0, 0.1) is 5.41 Å². The number of carbonyl (C=O) groups excluding carboxylic acids is 1. The first-order valence-electron chi connectivity index (χ1n) is 6.48. The molecule has 0 spiro atoms. The van der Waals surface area contributed by atoms with E-state index in [4.69, 9.17) is 0 Å². The minimum absolute atomic E-state index is 0.0186. The maximum atomic E-state index is 12.4. The highest BCUT2D eigenvalue weighted by Crippen LogP contribution is 2.33. The molecule has 2 nitrogen and oxygen atoms in total. The Kier molecular flexibility index (Phi) is 4.66. The molecule has 1 N–H and O–H groups in total. The van der Waals surface area contributed by atoms with Gasteiger partial charge in [-0.2, -0.15) is 0 Å². The molecule has 0 fully saturated rings. The van der Waals surface area contributed by atoms with E-state index < -0.39 is 0 Å². The molecule has 0 saturated carbocycles. The zero-order chi connectivity index (χ0) is 14.8. The standard InChI is InChI=1S/C16H18BrNOS/c1-16(2,3)14(11-7-5-4-6-8-11)18-15(19)12-9-13(17)20-10-12/h4-10,14H,1-3H3,(H,18,19). The zero-order valence-electron chi connectivity index (χ0n) is 11.8. The van der Waals surface area contributed by atoms with Gasteiger partial charge in [0.2, 0.25) is 0 Å². The molecule has 2 aromatic rings. The van der Waals surface area contributed by atoms with Crippen molar-refractivity contribution in [3.8, 4) is 0 Å². The van der Waals surface area contributed by atoms with Gasteiger partial charge in [0.15, 0.2) is 0 Å². The number of amides is 1. The highest BCUT2D eigenvalue weighted by atomic mass is 79.9. The van der Waals surface area contributed by atoms with E-state index in [-0.39, 0.29) is 17.4 Å². The third-order valence-electron chi connectivity index (χ3n) is 3.10. The predicted octanol–water partition coefficient (Wildman–Crippen LogP) is 5.03. The Hall–Kier alpha value is -1.13. The summed E-state index contributed by atoms with van der Waals surface area (Å²) >= 11 is 4.91. The molecule has 0 aliphatic rings. The Balaban J connectivity index is 2.23. The molecular weight excluding hydrogens is 334 g/mol. The van der Waals surface area contributed by atoms with Crippen LogP contribution in [0.2, 0.25) is 0 Å². The molecule has 0 radical (unpaired) electrons. The van der Waals surface area contributed by atoms with Gasteiger partial charge >= 0.3 is 0 Å². The first-order valence-corrected chi connectivity index (χ1v) is 8.15. The Bertz CT molecular complexity index is 586. The monoisotopic (exact) mass is 351 g/mol. The van der Waals surface area contributed by atoms with Gasteiger partial charge in [0.05, 0.1) is 15.4 Å². The number of hydrogen-bond acceptors (Lipinski definition) is 2. The normalized spacial score (nSPS) is 13.0. The van der Waals surface area contributed by atoms with Gasteiger partial charge in [-0.05, 0) is 33.0 Å². The molecule has 2 rings (SSSR count). The van der Waals surface area contributed by atoms with Gasteiger partial charge in [0.1, 0.15) is 0 Å². The summed E-state index contributed by atoms with van der Waals surface area (Å²) in [5, 5.41) is 5.01. The summed E-state index contributed by atoms with van der Waals surface area (Å²) in [7, 11) is 0. The zero-order valence-corrected chi connectivity index (χ0v) is 14.2. The molecule has 1 heterocycles. The van der Waals surface area contributed by atoms with Gasteiger partial charge < -0.3 is 5.32 Å². The molecule has 106 valence electrons. The molecule has 1 amide bonds. The predicted molar refractivity (Wildman–Crippen MR) is 88.1 cm³/mol. The van der Waals surface area contributed by atoms with Crippen molar-refractivity contribution >= 4 is 33.2 Å². The smallest absolute Gasteiger partial charge is 0.252 e. The summed E-state index contributed by atoms with van der Waals surface area (Å²) in [6, 6.07) is 11.9. The van der Waals surface area contributed by atoms with Crippen molar-refractivity contribution in [3.05, 3.63) is 56.7 Å². The largest absolute Gasteiger partial charge is 0.345 e. The van der Waals surface area contributed by atoms with Gasteiger partial charge in [0.25, 0.3) is 5.91 Å². The van der Waals surface area contributed by atoms with Gasteiger partial charge in [-0.1, -0.05) is 51.1 Å². The Morgan fingerprint density at radius 3 is 2.40 bits per heavy atom. The molecule has 1 aromatic carbocycles. The van der Waals surface area contributed by atoms with Crippen LogP contribution in [-0.4, -0.2) is 5.91 Å². The van der Waals surface area contributed by atoms with Crippen LogP contribution in [0.4, 0.5) is 0 Å². The van der Waals surface area contributed by atoms with Crippen LogP contribution in [-0.2, 0) is 0 Å². The number of nitrogens with one attached hydrogen (secondary N) is 1. The summed E-state index contributed by atoms with van der Waals surface area (Å²) in [6.45, 7) is 6.40. The van der Waals surface area contributed by atoms with E-state index in [1.807, 2.05) is 29.6 Å². The summed E-state index contributed by atoms with van der Waals surface area (Å²) in [4.78, 5) is 12.4. The quantitative estimate of drug-likeness (QED) is 0.825. The second-order valence-corrected chi connectivity index (χ2v) is 8.11. The van der Waals surface area contributed by atoms with E-state index in [1.54, 1.807) is 0 Å². The summed E-state index contributed by atoms with van der Waals surface area (Å²) in [6.07, 6.45) is 0. The van der Waals surface area contributed by atoms with E-state index in [1.165, 1.54) is 11.3 Å². The average molecular weight is 352 g/mol. The van der Waals surface area contributed by atoms with Crippen LogP contribution in [0.3, 0.4) is 0 Å². The van der Waals surface area contributed by atoms with E-state index in [2.05, 4.69) is 54.2 Å². The summed E-state index contributed by atoms with van der Waals surface area (Å²) in [5.74, 6) is -0.0317. The number of carbonyl (C=O) groups is 1. The minimum atomic E-state index is -0.0513. The van der Waals surface area contributed by atoms with Crippen molar-refractivity contribution in [3.63, 3.8) is 0 Å². The highest BCUT2D eigenvalue weighted by molar-refractivity contribution is 9.11. The topological polar surface area (TPSA) is 29.1 Å². The van der Waals surface area contributed by atoms with E-state index in [0.29, 0.717) is 5.56 Å². The molecule has 0 aliphatic heterocycles. The maximum absolute atomic E-state index is 12.4. The van der Waals surface area contributed by atoms with E-state index >= 15 is 0 Å². The van der Waals surface area contributed by atoms with Gasteiger partial charge in [-0.25, -0.2) is 0 Å². The first kappa shape index (κ1) is 15.3. The summed E-state index contributed by atoms with van der Waals surface area (Å²) < 4.78 is 0.967. The highest BCUT2D eigenvalue weighted by Gasteiger charge is 2.28. The van der Waals surface area contributed by atoms with Crippen molar-refractivity contribution in [1.29, 1.82) is 0 Å². The van der Waals surface area contributed by atoms with Crippen LogP contribution >= 0.6 is 27.3 Å². The SMILES string of the molecule is CC(C)(C)C(NC(=O)c1csc(Br)c1)c1ccccc1. The molecule has 0 saturated heterocycles. The number of benzene rings is 1. The minimum Gasteiger partial charge on any atom is -0.345 e. The molecule has 1 aromatic heterocycles. The van der Waals surface area contributed by atoms with Crippen molar-refractivity contribution in [2.24, 2.45) is 5.41 Å². The van der Waals surface area contributed by atoms with Crippen molar-refractivity contribution in [1.82, 2.24) is 5.32 Å². The van der Waals surface area contributed by atoms with Crippen molar-refractivity contribution < 1.29 is 4.79 Å². The van der Waals surface area contributed by atoms with Crippen molar-refractivity contribution in [2.45, 2.75) is 26.8 Å². The lowest BCUT2D eigenvalue weighted by molar-refractivity contribution is 0.0902. The first-order chi connectivity index (χ1) is 9.38. The maximum Gasteiger partial charge on any atom is 0.252 e. The number of thiophene rings is 1. The van der Waals surface area contributed by atoms with Crippen LogP contribution < -0.4 is 5.32 Å². The summed E-state index contributed by atoms with van der Waals surface area (Å²) in [5.41, 5.74) is 1.78. The van der Waals surface area contributed by atoms with Crippen LogP contribution in [0.25, 0.3) is 0 Å². The molecular formula is C16H18BrNOS. The van der Waals surface area contributed by atoms with Gasteiger partial charge in [-0.3, -0.25) is 4.79 Å². The fourth-order valence-electron chi connectivity index (χ4n) is 2.09. The molecule has 20 heavy (non-hydrogen) atoms. The second-order valence-electron chi connectivity index (χ2n) is 5.82. The van der Waals surface area contributed by atoms with Crippen LogP contribution in [0.5, 0.6) is 0 Å². The molecule has 0 aliphatic carbocycles. The Morgan fingerprint density at radius 2 is 1.90 bits per heavy atom. The third kappa shape index (κ3) is 3.70. The number of hydrogen-bond donors (Lipinski definition) is 1.